The first-order valence-corrected chi connectivity index (χ1v) is 7.97. The number of rotatable bonds is 6. The van der Waals surface area contributed by atoms with Crippen LogP contribution in [0.1, 0.15) is 0 Å². The van der Waals surface area contributed by atoms with Crippen LogP contribution in [0.5, 0.6) is 0 Å². The fraction of sp³-hybridized carbons (Fsp3) is 0.364. The van der Waals surface area contributed by atoms with E-state index in [0.29, 0.717) is 0 Å². The smallest absolute Gasteiger partial charge is 0.351 e. The maximum atomic E-state index is 11.7. The zero-order chi connectivity index (χ0) is 17.3. The quantitative estimate of drug-likeness (QED) is 0.299. The summed E-state index contributed by atoms with van der Waals surface area (Å²) in [6.45, 7) is -0.964. The van der Waals surface area contributed by atoms with E-state index in [2.05, 4.69) is 20.9 Å². The van der Waals surface area contributed by atoms with E-state index in [1.807, 2.05) is 0 Å². The highest BCUT2D eigenvalue weighted by Crippen LogP contribution is 2.36. The number of hydrogen-bond acceptors (Lipinski definition) is 7. The number of anilines is 1. The highest BCUT2D eigenvalue weighted by atomic mass is 31.2. The SMILES string of the molecule is C#CC(CO)(Cn1cnc2c(=O)[nH]c(N)nc21)OCP(=O)(O)O. The molecule has 0 aliphatic rings. The van der Waals surface area contributed by atoms with Gasteiger partial charge in [-0.15, -0.1) is 6.42 Å². The van der Waals surface area contributed by atoms with Crippen LogP contribution in [0.25, 0.3) is 11.2 Å². The molecular formula is C11H14N5O6P. The number of hydrogen-bond donors (Lipinski definition) is 5. The summed E-state index contributed by atoms with van der Waals surface area (Å²) < 4.78 is 17.3. The van der Waals surface area contributed by atoms with E-state index >= 15 is 0 Å². The molecule has 0 spiro atoms. The number of aliphatic hydroxyl groups excluding tert-OH is 1. The minimum Gasteiger partial charge on any atom is -0.392 e. The second-order valence-electron chi connectivity index (χ2n) is 4.73. The van der Waals surface area contributed by atoms with Crippen molar-refractivity contribution in [2.24, 2.45) is 0 Å². The highest BCUT2D eigenvalue weighted by Gasteiger charge is 2.32. The topological polar surface area (TPSA) is 177 Å². The largest absolute Gasteiger partial charge is 0.392 e. The maximum absolute atomic E-state index is 11.7. The summed E-state index contributed by atoms with van der Waals surface area (Å²) in [7, 11) is -4.49. The van der Waals surface area contributed by atoms with Crippen molar-refractivity contribution < 1.29 is 24.2 Å². The average Bonchev–Trinajstić information content (AvgIpc) is 2.86. The lowest BCUT2D eigenvalue weighted by molar-refractivity contribution is -0.0327. The second-order valence-corrected chi connectivity index (χ2v) is 6.32. The molecule has 0 fully saturated rings. The third-order valence-electron chi connectivity index (χ3n) is 2.95. The Morgan fingerprint density at radius 1 is 1.57 bits per heavy atom. The van der Waals surface area contributed by atoms with Crippen molar-refractivity contribution in [1.29, 1.82) is 0 Å². The predicted octanol–water partition coefficient (Wildman–Crippen LogP) is -1.78. The van der Waals surface area contributed by atoms with Crippen LogP contribution in [0.15, 0.2) is 11.1 Å². The van der Waals surface area contributed by atoms with Crippen LogP contribution in [-0.2, 0) is 15.8 Å². The monoisotopic (exact) mass is 343 g/mol. The number of nitrogen functional groups attached to an aromatic ring is 1. The zero-order valence-corrected chi connectivity index (χ0v) is 12.6. The molecule has 2 aromatic heterocycles. The molecule has 0 amide bonds. The first-order chi connectivity index (χ1) is 10.7. The summed E-state index contributed by atoms with van der Waals surface area (Å²) in [6, 6.07) is 0. The molecule has 6 N–H and O–H groups in total. The van der Waals surface area contributed by atoms with Crippen molar-refractivity contribution in [2.75, 3.05) is 18.7 Å². The molecule has 1 atom stereocenters. The first-order valence-electron chi connectivity index (χ1n) is 6.17. The number of imidazole rings is 1. The van der Waals surface area contributed by atoms with Gasteiger partial charge in [0.15, 0.2) is 23.1 Å². The van der Waals surface area contributed by atoms with Gasteiger partial charge in [-0.1, -0.05) is 5.92 Å². The molecule has 0 saturated heterocycles. The number of aromatic amines is 1. The van der Waals surface area contributed by atoms with Gasteiger partial charge in [-0.25, -0.2) is 4.98 Å². The van der Waals surface area contributed by atoms with E-state index in [-0.39, 0.29) is 23.7 Å². The van der Waals surface area contributed by atoms with Crippen LogP contribution >= 0.6 is 7.60 Å². The molecule has 0 radical (unpaired) electrons. The molecule has 23 heavy (non-hydrogen) atoms. The average molecular weight is 343 g/mol. The van der Waals surface area contributed by atoms with Gasteiger partial charge in [0.1, 0.15) is 0 Å². The fourth-order valence-electron chi connectivity index (χ4n) is 1.84. The predicted molar refractivity (Wildman–Crippen MR) is 79.2 cm³/mol. The van der Waals surface area contributed by atoms with Crippen LogP contribution in [0.2, 0.25) is 0 Å². The Hall–Kier alpha value is -2.22. The standard InChI is InChI=1S/C11H14N5O6P/c1-2-11(4-17,22-6-23(19,20)21)3-16-5-13-7-8(16)14-10(12)15-9(7)18/h1,5,17H,3-4,6H2,(H2,19,20,21)(H3,12,14,15,18). The Kier molecular flexibility index (Phi) is 4.56. The van der Waals surface area contributed by atoms with E-state index < -0.39 is 31.7 Å². The van der Waals surface area contributed by atoms with Crippen LogP contribution < -0.4 is 11.3 Å². The molecule has 12 heteroatoms. The lowest BCUT2D eigenvalue weighted by Crippen LogP contribution is -2.40. The highest BCUT2D eigenvalue weighted by molar-refractivity contribution is 7.51. The number of nitrogens with two attached hydrogens (primary N) is 1. The number of terminal acetylenes is 1. The second kappa shape index (κ2) is 6.11. The lowest BCUT2D eigenvalue weighted by Gasteiger charge is -2.27. The zero-order valence-electron chi connectivity index (χ0n) is 11.7. The number of fused-ring (bicyclic) bond motifs is 1. The van der Waals surface area contributed by atoms with E-state index in [1.54, 1.807) is 0 Å². The lowest BCUT2D eigenvalue weighted by atomic mass is 10.1. The van der Waals surface area contributed by atoms with Crippen molar-refractivity contribution in [3.8, 4) is 12.3 Å². The Bertz CT molecular complexity index is 864. The summed E-state index contributed by atoms with van der Waals surface area (Å²) in [5.74, 6) is 2.02. The minimum atomic E-state index is -4.49. The molecule has 2 aromatic rings. The van der Waals surface area contributed by atoms with Gasteiger partial charge in [0.05, 0.1) is 19.5 Å². The molecule has 2 heterocycles. The summed E-state index contributed by atoms with van der Waals surface area (Å²) in [6.07, 6.45) is 5.59. The number of nitrogens with one attached hydrogen (secondary N) is 1. The van der Waals surface area contributed by atoms with Crippen molar-refractivity contribution in [2.45, 2.75) is 12.1 Å². The van der Waals surface area contributed by atoms with E-state index in [4.69, 9.17) is 26.7 Å². The van der Waals surface area contributed by atoms with Crippen molar-refractivity contribution in [3.63, 3.8) is 0 Å². The number of H-pyrrole nitrogens is 1. The van der Waals surface area contributed by atoms with Gasteiger partial charge in [0.25, 0.3) is 5.56 Å². The van der Waals surface area contributed by atoms with Crippen molar-refractivity contribution >= 4 is 24.7 Å². The molecule has 1 unspecified atom stereocenters. The number of aromatic nitrogens is 4. The van der Waals surface area contributed by atoms with Gasteiger partial charge in [-0.2, -0.15) is 4.98 Å². The molecule has 2 rings (SSSR count). The van der Waals surface area contributed by atoms with E-state index in [9.17, 15) is 14.5 Å². The normalized spacial score (nSPS) is 14.5. The van der Waals surface area contributed by atoms with E-state index in [1.165, 1.54) is 10.9 Å². The maximum Gasteiger partial charge on any atom is 0.351 e. The molecule has 11 nitrogen and oxygen atoms in total. The Labute approximate surface area is 129 Å². The van der Waals surface area contributed by atoms with Crippen LogP contribution in [0, 0.1) is 12.3 Å². The van der Waals surface area contributed by atoms with Crippen LogP contribution in [0.4, 0.5) is 5.95 Å². The third kappa shape index (κ3) is 3.76. The van der Waals surface area contributed by atoms with Gasteiger partial charge in [0.2, 0.25) is 5.95 Å². The van der Waals surface area contributed by atoms with Gasteiger partial charge in [-0.05, 0) is 0 Å². The molecule has 124 valence electrons. The molecule has 0 aliphatic heterocycles. The summed E-state index contributed by atoms with van der Waals surface area (Å²) in [5, 5.41) is 9.49. The van der Waals surface area contributed by atoms with Gasteiger partial charge in [-0.3, -0.25) is 14.3 Å². The minimum absolute atomic E-state index is 0.00181. The molecular weight excluding hydrogens is 329 g/mol. The number of nitrogens with zero attached hydrogens (tertiary/aromatic N) is 3. The Balaban J connectivity index is 2.40. The fourth-order valence-corrected chi connectivity index (χ4v) is 2.26. The summed E-state index contributed by atoms with van der Waals surface area (Å²) >= 11 is 0. The molecule has 0 bridgehead atoms. The van der Waals surface area contributed by atoms with Crippen LogP contribution in [-0.4, -0.2) is 53.0 Å². The first kappa shape index (κ1) is 17.1. The molecule has 0 aliphatic carbocycles. The summed E-state index contributed by atoms with van der Waals surface area (Å²) in [5.41, 5.74) is 3.27. The molecule has 0 saturated carbocycles. The number of aliphatic hydroxyl groups is 1. The van der Waals surface area contributed by atoms with Crippen molar-refractivity contribution in [3.05, 3.63) is 16.7 Å². The van der Waals surface area contributed by atoms with E-state index in [0.717, 1.165) is 0 Å². The Morgan fingerprint density at radius 3 is 2.83 bits per heavy atom. The van der Waals surface area contributed by atoms with Crippen molar-refractivity contribution in [1.82, 2.24) is 19.5 Å². The number of ether oxygens (including phenoxy) is 1. The molecule has 0 aromatic carbocycles. The van der Waals surface area contributed by atoms with Gasteiger partial charge in [0, 0.05) is 0 Å². The van der Waals surface area contributed by atoms with Gasteiger partial charge < -0.3 is 29.9 Å². The Morgan fingerprint density at radius 2 is 2.26 bits per heavy atom. The van der Waals surface area contributed by atoms with Gasteiger partial charge >= 0.3 is 7.60 Å². The summed E-state index contributed by atoms with van der Waals surface area (Å²) in [4.78, 5) is 39.5. The third-order valence-corrected chi connectivity index (χ3v) is 3.41. The van der Waals surface area contributed by atoms with Crippen LogP contribution in [0.3, 0.4) is 0 Å².